The van der Waals surface area contributed by atoms with Crippen molar-refractivity contribution in [1.82, 2.24) is 14.9 Å². The Balaban J connectivity index is 1.66. The van der Waals surface area contributed by atoms with Crippen LogP contribution in [0.1, 0.15) is 54.1 Å². The van der Waals surface area contributed by atoms with Gasteiger partial charge in [0.25, 0.3) is 0 Å². The molecule has 0 aliphatic carbocycles. The third-order valence-electron chi connectivity index (χ3n) is 6.74. The molecule has 5 rings (SSSR count). The van der Waals surface area contributed by atoms with Crippen LogP contribution in [0.5, 0.6) is 0 Å². The summed E-state index contributed by atoms with van der Waals surface area (Å²) in [5.41, 5.74) is 1.22. The van der Waals surface area contributed by atoms with E-state index in [1.54, 1.807) is 0 Å². The van der Waals surface area contributed by atoms with E-state index in [4.69, 9.17) is 5.11 Å². The van der Waals surface area contributed by atoms with Gasteiger partial charge in [0.2, 0.25) is 0 Å². The van der Waals surface area contributed by atoms with Gasteiger partial charge in [-0.2, -0.15) is 0 Å². The van der Waals surface area contributed by atoms with Gasteiger partial charge in [0.05, 0.1) is 6.04 Å². The standard InChI is InChI=1S/C28H26F3N3O2/c1-15-10-19-18-6-4-5-7-22(18)33-25(19)26(34(15)14-28(2,3)31)24-20(29)11-17(12-21(24)30)16-8-9-23(27(35)36)32-13-16/h4-9,11-13,15,26,33H,10,14H2,1-3H3,(H,35,36)/t15-,26-/m1/s1. The lowest BCUT2D eigenvalue weighted by molar-refractivity contribution is 0.0643. The highest BCUT2D eigenvalue weighted by atomic mass is 19.1. The fraction of sp³-hybridized carbons (Fsp3) is 0.286. The largest absolute Gasteiger partial charge is 0.477 e. The summed E-state index contributed by atoms with van der Waals surface area (Å²) in [6, 6.07) is 11.9. The minimum atomic E-state index is -1.58. The molecular formula is C28H26F3N3O2. The molecule has 0 bridgehead atoms. The lowest BCUT2D eigenvalue weighted by Gasteiger charge is -2.43. The normalized spacial score (nSPS) is 18.4. The minimum Gasteiger partial charge on any atom is -0.477 e. The van der Waals surface area contributed by atoms with Gasteiger partial charge in [0.1, 0.15) is 23.0 Å². The second kappa shape index (κ2) is 8.78. The first kappa shape index (κ1) is 24.1. The topological polar surface area (TPSA) is 69.2 Å². The molecule has 2 atom stereocenters. The van der Waals surface area contributed by atoms with Gasteiger partial charge in [-0.05, 0) is 62.6 Å². The van der Waals surface area contributed by atoms with Crippen LogP contribution in [0.2, 0.25) is 0 Å². The summed E-state index contributed by atoms with van der Waals surface area (Å²) in [4.78, 5) is 20.1. The molecule has 186 valence electrons. The maximum atomic E-state index is 15.8. The fourth-order valence-corrected chi connectivity index (χ4v) is 5.20. The van der Waals surface area contributed by atoms with Crippen LogP contribution in [0.25, 0.3) is 22.0 Å². The average molecular weight is 494 g/mol. The quantitative estimate of drug-likeness (QED) is 0.343. The van der Waals surface area contributed by atoms with E-state index in [1.165, 1.54) is 44.3 Å². The molecular weight excluding hydrogens is 467 g/mol. The number of rotatable bonds is 5. The number of carbonyl (C=O) groups is 1. The first-order valence-electron chi connectivity index (χ1n) is 11.8. The van der Waals surface area contributed by atoms with Crippen molar-refractivity contribution >= 4 is 16.9 Å². The van der Waals surface area contributed by atoms with Crippen molar-refractivity contribution in [2.45, 2.75) is 44.9 Å². The summed E-state index contributed by atoms with van der Waals surface area (Å²) in [7, 11) is 0. The smallest absolute Gasteiger partial charge is 0.354 e. The van der Waals surface area contributed by atoms with Crippen LogP contribution in [0.4, 0.5) is 13.2 Å². The van der Waals surface area contributed by atoms with Crippen LogP contribution in [0.15, 0.2) is 54.7 Å². The highest BCUT2D eigenvalue weighted by molar-refractivity contribution is 5.86. The van der Waals surface area contributed by atoms with Gasteiger partial charge in [-0.25, -0.2) is 22.9 Å². The number of carboxylic acid groups (broad SMARTS) is 1. The molecule has 1 aliphatic heterocycles. The highest BCUT2D eigenvalue weighted by Crippen LogP contribution is 2.43. The van der Waals surface area contributed by atoms with Crippen molar-refractivity contribution in [3.05, 3.63) is 88.9 Å². The van der Waals surface area contributed by atoms with Gasteiger partial charge in [-0.1, -0.05) is 24.3 Å². The third kappa shape index (κ3) is 4.26. The molecule has 4 aromatic rings. The van der Waals surface area contributed by atoms with Crippen molar-refractivity contribution in [3.63, 3.8) is 0 Å². The molecule has 3 heterocycles. The molecule has 5 nitrogen and oxygen atoms in total. The van der Waals surface area contributed by atoms with E-state index >= 15 is 8.78 Å². The third-order valence-corrected chi connectivity index (χ3v) is 6.74. The molecule has 2 aromatic heterocycles. The zero-order valence-corrected chi connectivity index (χ0v) is 20.1. The number of aromatic carboxylic acids is 1. The van der Waals surface area contributed by atoms with E-state index < -0.39 is 29.3 Å². The van der Waals surface area contributed by atoms with Gasteiger partial charge >= 0.3 is 5.97 Å². The Morgan fingerprint density at radius 3 is 2.44 bits per heavy atom. The molecule has 0 radical (unpaired) electrons. The number of aromatic amines is 1. The number of hydrogen-bond donors (Lipinski definition) is 2. The Morgan fingerprint density at radius 2 is 1.83 bits per heavy atom. The van der Waals surface area contributed by atoms with Crippen LogP contribution in [0.3, 0.4) is 0 Å². The number of aromatic nitrogens is 2. The van der Waals surface area contributed by atoms with Gasteiger partial charge in [-0.15, -0.1) is 0 Å². The van der Waals surface area contributed by atoms with Crippen molar-refractivity contribution in [3.8, 4) is 11.1 Å². The Bertz CT molecular complexity index is 1430. The number of H-pyrrole nitrogens is 1. The van der Waals surface area contributed by atoms with Crippen LogP contribution in [-0.4, -0.2) is 44.2 Å². The summed E-state index contributed by atoms with van der Waals surface area (Å²) in [6.07, 6.45) is 1.89. The highest BCUT2D eigenvalue weighted by Gasteiger charge is 2.41. The summed E-state index contributed by atoms with van der Waals surface area (Å²) in [5, 5.41) is 10.0. The number of halogens is 3. The zero-order valence-electron chi connectivity index (χ0n) is 20.1. The summed E-state index contributed by atoms with van der Waals surface area (Å²) >= 11 is 0. The van der Waals surface area contributed by atoms with Gasteiger partial charge < -0.3 is 10.1 Å². The zero-order chi connectivity index (χ0) is 25.8. The molecule has 0 spiro atoms. The molecule has 0 amide bonds. The molecule has 0 unspecified atom stereocenters. The average Bonchev–Trinajstić information content (AvgIpc) is 3.17. The molecule has 8 heteroatoms. The molecule has 0 saturated carbocycles. The summed E-state index contributed by atoms with van der Waals surface area (Å²) in [5.74, 6) is -2.72. The molecule has 0 saturated heterocycles. The van der Waals surface area contributed by atoms with Gasteiger partial charge in [-0.3, -0.25) is 4.90 Å². The SMILES string of the molecule is C[C@@H]1Cc2c([nH]c3ccccc23)[C@@H](c2c(F)cc(-c3ccc(C(=O)O)nc3)cc2F)N1CC(C)(C)F. The number of carboxylic acids is 1. The van der Waals surface area contributed by atoms with E-state index in [-0.39, 0.29) is 29.4 Å². The van der Waals surface area contributed by atoms with Crippen molar-refractivity contribution in [2.24, 2.45) is 0 Å². The number of nitrogens with zero attached hydrogens (tertiary/aromatic N) is 2. The number of fused-ring (bicyclic) bond motifs is 3. The van der Waals surface area contributed by atoms with Crippen LogP contribution in [-0.2, 0) is 6.42 Å². The van der Waals surface area contributed by atoms with E-state index in [1.807, 2.05) is 36.1 Å². The van der Waals surface area contributed by atoms with E-state index in [0.29, 0.717) is 17.7 Å². The first-order chi connectivity index (χ1) is 17.0. The summed E-state index contributed by atoms with van der Waals surface area (Å²) in [6.45, 7) is 4.86. The van der Waals surface area contributed by atoms with Gasteiger partial charge in [0, 0.05) is 46.5 Å². The predicted molar refractivity (Wildman–Crippen MR) is 132 cm³/mol. The fourth-order valence-electron chi connectivity index (χ4n) is 5.20. The van der Waals surface area contributed by atoms with Crippen LogP contribution >= 0.6 is 0 Å². The monoisotopic (exact) mass is 493 g/mol. The maximum absolute atomic E-state index is 15.8. The van der Waals surface area contributed by atoms with Gasteiger partial charge in [0.15, 0.2) is 0 Å². The van der Waals surface area contributed by atoms with E-state index in [2.05, 4.69) is 9.97 Å². The predicted octanol–water partition coefficient (Wildman–Crippen LogP) is 6.29. The molecule has 0 fully saturated rings. The Labute approximate surface area is 206 Å². The van der Waals surface area contributed by atoms with Crippen molar-refractivity contribution in [2.75, 3.05) is 6.54 Å². The second-order valence-corrected chi connectivity index (χ2v) is 10.0. The number of nitrogens with one attached hydrogen (secondary N) is 1. The first-order valence-corrected chi connectivity index (χ1v) is 11.8. The Kier molecular flexibility index (Phi) is 5.87. The van der Waals surface area contributed by atoms with Crippen LogP contribution in [0, 0.1) is 11.6 Å². The number of para-hydroxylation sites is 1. The van der Waals surface area contributed by atoms with E-state index in [0.717, 1.165) is 16.5 Å². The van der Waals surface area contributed by atoms with E-state index in [9.17, 15) is 9.18 Å². The number of benzene rings is 2. The Morgan fingerprint density at radius 1 is 1.14 bits per heavy atom. The Hall–Kier alpha value is -3.65. The van der Waals surface area contributed by atoms with Crippen LogP contribution < -0.4 is 0 Å². The molecule has 1 aliphatic rings. The van der Waals surface area contributed by atoms with Crippen molar-refractivity contribution < 1.29 is 23.1 Å². The lowest BCUT2D eigenvalue weighted by atomic mass is 9.86. The number of hydrogen-bond acceptors (Lipinski definition) is 3. The lowest BCUT2D eigenvalue weighted by Crippen LogP contribution is -2.48. The molecule has 2 aromatic carbocycles. The maximum Gasteiger partial charge on any atom is 0.354 e. The molecule has 36 heavy (non-hydrogen) atoms. The summed E-state index contributed by atoms with van der Waals surface area (Å²) < 4.78 is 46.5. The number of pyridine rings is 1. The second-order valence-electron chi connectivity index (χ2n) is 10.0. The number of alkyl halides is 1. The minimum absolute atomic E-state index is 0.00512. The molecule has 2 N–H and O–H groups in total. The van der Waals surface area contributed by atoms with Crippen molar-refractivity contribution in [1.29, 1.82) is 0 Å².